The third-order valence-corrected chi connectivity index (χ3v) is 5.30. The van der Waals surface area contributed by atoms with Crippen molar-refractivity contribution in [3.05, 3.63) is 24.5 Å². The second-order valence-corrected chi connectivity index (χ2v) is 7.68. The molecule has 2 aliphatic heterocycles. The van der Waals surface area contributed by atoms with Gasteiger partial charge in [0, 0.05) is 38.4 Å². The lowest BCUT2D eigenvalue weighted by atomic mass is 10.1. The Labute approximate surface area is 173 Å². The summed E-state index contributed by atoms with van der Waals surface area (Å²) in [5.74, 6) is 0.163. The molecule has 8 nitrogen and oxygen atoms in total. The van der Waals surface area contributed by atoms with Crippen LogP contribution in [0.25, 0.3) is 10.9 Å². The van der Waals surface area contributed by atoms with E-state index in [0.29, 0.717) is 30.7 Å². The minimum atomic E-state index is -2.56. The third kappa shape index (κ3) is 5.12. The smallest absolute Gasteiger partial charge is 0.272 e. The maximum Gasteiger partial charge on any atom is 0.272 e. The number of hydrogen-bond donors (Lipinski definition) is 1. The van der Waals surface area contributed by atoms with Crippen LogP contribution in [0.3, 0.4) is 0 Å². The van der Waals surface area contributed by atoms with Gasteiger partial charge in [-0.15, -0.1) is 0 Å². The zero-order valence-electron chi connectivity index (χ0n) is 16.7. The summed E-state index contributed by atoms with van der Waals surface area (Å²) >= 11 is 0. The van der Waals surface area contributed by atoms with Crippen LogP contribution in [0.4, 0.5) is 14.5 Å². The topological polar surface area (TPSA) is 80.2 Å². The zero-order valence-corrected chi connectivity index (χ0v) is 16.7. The highest BCUT2D eigenvalue weighted by Gasteiger charge is 2.33. The highest BCUT2D eigenvalue weighted by Crippen LogP contribution is 2.28. The van der Waals surface area contributed by atoms with Gasteiger partial charge in [-0.2, -0.15) is 0 Å². The molecule has 0 aliphatic carbocycles. The van der Waals surface area contributed by atoms with E-state index < -0.39 is 18.6 Å². The van der Waals surface area contributed by atoms with E-state index in [0.717, 1.165) is 31.9 Å². The fourth-order valence-electron chi connectivity index (χ4n) is 3.83. The molecule has 0 bridgehead atoms. The highest BCUT2D eigenvalue weighted by molar-refractivity contribution is 5.86. The maximum absolute atomic E-state index is 12.5. The van der Waals surface area contributed by atoms with Crippen molar-refractivity contribution in [1.82, 2.24) is 14.9 Å². The average molecular weight is 424 g/mol. The number of β-amino-alcohol motifs (C(OH)–C–C–N with tert-alkyl or cyclic N) is 1. The lowest BCUT2D eigenvalue weighted by Gasteiger charge is -2.39. The number of piperazine rings is 1. The van der Waals surface area contributed by atoms with E-state index >= 15 is 0 Å². The molecule has 2 aromatic rings. The SMILES string of the molecule is OC1(CN2CCN(c3ccc4ncnc(OCC(F)F)c4c3)CC2)COCCOC1. The van der Waals surface area contributed by atoms with Crippen molar-refractivity contribution in [2.24, 2.45) is 0 Å². The summed E-state index contributed by atoms with van der Waals surface area (Å²) in [6.45, 7) is 4.45. The molecule has 4 rings (SSSR count). The molecule has 1 aromatic carbocycles. The summed E-state index contributed by atoms with van der Waals surface area (Å²) in [5.41, 5.74) is 0.613. The maximum atomic E-state index is 12.5. The second-order valence-electron chi connectivity index (χ2n) is 7.68. The molecule has 2 fully saturated rings. The van der Waals surface area contributed by atoms with Crippen molar-refractivity contribution >= 4 is 16.6 Å². The van der Waals surface area contributed by atoms with Crippen molar-refractivity contribution in [3.63, 3.8) is 0 Å². The Morgan fingerprint density at radius 3 is 2.53 bits per heavy atom. The molecule has 1 aromatic heterocycles. The number of anilines is 1. The van der Waals surface area contributed by atoms with E-state index in [4.69, 9.17) is 14.2 Å². The van der Waals surface area contributed by atoms with Gasteiger partial charge >= 0.3 is 0 Å². The van der Waals surface area contributed by atoms with Crippen molar-refractivity contribution in [2.45, 2.75) is 12.0 Å². The number of benzene rings is 1. The molecule has 0 saturated carbocycles. The van der Waals surface area contributed by atoms with Crippen LogP contribution in [0.1, 0.15) is 0 Å². The molecule has 0 atom stereocenters. The summed E-state index contributed by atoms with van der Waals surface area (Å²) in [5, 5.41) is 11.3. The summed E-state index contributed by atoms with van der Waals surface area (Å²) in [6, 6.07) is 5.69. The Bertz CT molecular complexity index is 841. The number of ether oxygens (including phenoxy) is 3. The van der Waals surface area contributed by atoms with Gasteiger partial charge in [0.25, 0.3) is 6.43 Å². The Kier molecular flexibility index (Phi) is 6.57. The first kappa shape index (κ1) is 21.1. The van der Waals surface area contributed by atoms with Crippen molar-refractivity contribution < 1.29 is 28.1 Å². The van der Waals surface area contributed by atoms with Gasteiger partial charge < -0.3 is 24.2 Å². The molecule has 3 heterocycles. The van der Waals surface area contributed by atoms with Gasteiger partial charge in [-0.05, 0) is 18.2 Å². The molecule has 0 unspecified atom stereocenters. The average Bonchev–Trinajstić information content (AvgIpc) is 2.96. The minimum Gasteiger partial charge on any atom is -0.471 e. The third-order valence-electron chi connectivity index (χ3n) is 5.30. The number of aliphatic hydroxyl groups is 1. The Hall–Kier alpha value is -2.14. The summed E-state index contributed by atoms with van der Waals surface area (Å²) in [7, 11) is 0. The Morgan fingerprint density at radius 1 is 1.10 bits per heavy atom. The van der Waals surface area contributed by atoms with E-state index in [-0.39, 0.29) is 19.1 Å². The highest BCUT2D eigenvalue weighted by atomic mass is 19.3. The predicted molar refractivity (Wildman–Crippen MR) is 106 cm³/mol. The van der Waals surface area contributed by atoms with E-state index in [9.17, 15) is 13.9 Å². The van der Waals surface area contributed by atoms with Crippen LogP contribution in [0, 0.1) is 0 Å². The summed E-state index contributed by atoms with van der Waals surface area (Å²) in [4.78, 5) is 12.6. The van der Waals surface area contributed by atoms with Gasteiger partial charge in [-0.25, -0.2) is 18.7 Å². The summed E-state index contributed by atoms with van der Waals surface area (Å²) < 4.78 is 41.1. The van der Waals surface area contributed by atoms with Crippen LogP contribution in [0.2, 0.25) is 0 Å². The van der Waals surface area contributed by atoms with E-state index in [1.165, 1.54) is 6.33 Å². The van der Waals surface area contributed by atoms with Gasteiger partial charge in [-0.1, -0.05) is 0 Å². The molecule has 164 valence electrons. The molecule has 0 spiro atoms. The molecule has 0 radical (unpaired) electrons. The van der Waals surface area contributed by atoms with Crippen LogP contribution in [-0.2, 0) is 9.47 Å². The molecule has 2 saturated heterocycles. The predicted octanol–water partition coefficient (Wildman–Crippen LogP) is 1.17. The van der Waals surface area contributed by atoms with Crippen molar-refractivity contribution in [1.29, 1.82) is 0 Å². The zero-order chi connectivity index (χ0) is 21.0. The van der Waals surface area contributed by atoms with E-state index in [2.05, 4.69) is 19.8 Å². The summed E-state index contributed by atoms with van der Waals surface area (Å²) in [6.07, 6.45) is -1.25. The van der Waals surface area contributed by atoms with Gasteiger partial charge in [0.15, 0.2) is 6.61 Å². The van der Waals surface area contributed by atoms with E-state index in [1.54, 1.807) is 0 Å². The van der Waals surface area contributed by atoms with Gasteiger partial charge in [0.05, 0.1) is 37.3 Å². The molecular weight excluding hydrogens is 398 g/mol. The molecule has 2 aliphatic rings. The number of rotatable bonds is 6. The first-order chi connectivity index (χ1) is 14.5. The van der Waals surface area contributed by atoms with Gasteiger partial charge in [-0.3, -0.25) is 4.90 Å². The van der Waals surface area contributed by atoms with Gasteiger partial charge in [0.2, 0.25) is 5.88 Å². The molecule has 0 amide bonds. The number of halogens is 2. The minimum absolute atomic E-state index is 0.163. The number of nitrogens with zero attached hydrogens (tertiary/aromatic N) is 4. The molecular formula is C20H26F2N4O4. The first-order valence-electron chi connectivity index (χ1n) is 10.0. The first-order valence-corrected chi connectivity index (χ1v) is 10.0. The quantitative estimate of drug-likeness (QED) is 0.741. The Morgan fingerprint density at radius 2 is 1.83 bits per heavy atom. The van der Waals surface area contributed by atoms with Crippen LogP contribution in [0.5, 0.6) is 5.88 Å². The van der Waals surface area contributed by atoms with Crippen LogP contribution in [0.15, 0.2) is 24.5 Å². The fourth-order valence-corrected chi connectivity index (χ4v) is 3.83. The van der Waals surface area contributed by atoms with Gasteiger partial charge in [0.1, 0.15) is 11.9 Å². The number of alkyl halides is 2. The number of hydrogen-bond acceptors (Lipinski definition) is 8. The second kappa shape index (κ2) is 9.34. The molecule has 30 heavy (non-hydrogen) atoms. The molecule has 1 N–H and O–H groups in total. The monoisotopic (exact) mass is 424 g/mol. The fraction of sp³-hybridized carbons (Fsp3) is 0.600. The van der Waals surface area contributed by atoms with Crippen molar-refractivity contribution in [3.8, 4) is 5.88 Å². The van der Waals surface area contributed by atoms with Crippen LogP contribution < -0.4 is 9.64 Å². The standard InChI is InChI=1S/C20H26F2N4O4/c21-18(22)10-30-19-16-9-15(1-2-17(16)23-14-24-19)26-5-3-25(4-6-26)11-20(27)12-28-7-8-29-13-20/h1-2,9,14,18,27H,3-8,10-13H2. The van der Waals surface area contributed by atoms with Crippen LogP contribution >= 0.6 is 0 Å². The largest absolute Gasteiger partial charge is 0.471 e. The lowest BCUT2D eigenvalue weighted by Crippen LogP contribution is -2.54. The van der Waals surface area contributed by atoms with Crippen LogP contribution in [-0.4, -0.2) is 97.8 Å². The number of aromatic nitrogens is 2. The normalized spacial score (nSPS) is 20.5. The van der Waals surface area contributed by atoms with Crippen molar-refractivity contribution in [2.75, 3.05) is 70.7 Å². The number of fused-ring (bicyclic) bond motifs is 1. The Balaban J connectivity index is 1.41. The lowest BCUT2D eigenvalue weighted by molar-refractivity contribution is -0.0746. The van der Waals surface area contributed by atoms with E-state index in [1.807, 2.05) is 18.2 Å². The molecule has 10 heteroatoms.